The lowest BCUT2D eigenvalue weighted by Crippen LogP contribution is -2.09. The van der Waals surface area contributed by atoms with Gasteiger partial charge in [-0.25, -0.2) is 0 Å². The van der Waals surface area contributed by atoms with Gasteiger partial charge >= 0.3 is 7.82 Å². The smallest absolute Gasteiger partial charge is 0.385 e. The molecule has 0 aromatic heterocycles. The number of hydrogen-bond acceptors (Lipinski definition) is 4. The largest absolute Gasteiger partial charge is 0.647 e. The van der Waals surface area contributed by atoms with Gasteiger partial charge in [0.05, 0.1) is 0 Å². The Labute approximate surface area is 339 Å². The van der Waals surface area contributed by atoms with E-state index < -0.39 is 7.82 Å². The third kappa shape index (κ3) is 5.20. The molecule has 278 valence electrons. The van der Waals surface area contributed by atoms with Gasteiger partial charge in [-0.05, 0) is 99.0 Å². The molecule has 0 aliphatic heterocycles. The van der Waals surface area contributed by atoms with E-state index in [9.17, 15) is 0 Å². The Balaban J connectivity index is 1.13. The molecule has 12 rings (SSSR count). The summed E-state index contributed by atoms with van der Waals surface area (Å²) in [6.07, 6.45) is 0. The van der Waals surface area contributed by atoms with Gasteiger partial charge in [0.1, 0.15) is 17.2 Å². The molecule has 0 saturated heterocycles. The molecule has 0 aliphatic rings. The third-order valence-electron chi connectivity index (χ3n) is 11.8. The highest BCUT2D eigenvalue weighted by Crippen LogP contribution is 2.56. The van der Waals surface area contributed by atoms with Crippen molar-refractivity contribution in [1.29, 1.82) is 0 Å². The summed E-state index contributed by atoms with van der Waals surface area (Å²) in [6, 6.07) is 67.7. The molecule has 0 N–H and O–H groups in total. The minimum Gasteiger partial charge on any atom is -0.385 e. The highest BCUT2D eigenvalue weighted by molar-refractivity contribution is 7.49. The van der Waals surface area contributed by atoms with Crippen molar-refractivity contribution in [3.8, 4) is 17.2 Å². The van der Waals surface area contributed by atoms with E-state index in [1.807, 2.05) is 91.0 Å². The zero-order valence-electron chi connectivity index (χ0n) is 31.6. The van der Waals surface area contributed by atoms with Gasteiger partial charge in [-0.3, -0.25) is 0 Å². The molecule has 0 saturated carbocycles. The molecule has 0 bridgehead atoms. The zero-order chi connectivity index (χ0) is 39.1. The van der Waals surface area contributed by atoms with E-state index >= 15 is 4.57 Å². The highest BCUT2D eigenvalue weighted by Gasteiger charge is 2.36. The van der Waals surface area contributed by atoms with Gasteiger partial charge in [-0.15, -0.1) is 0 Å². The summed E-state index contributed by atoms with van der Waals surface area (Å²) in [7, 11) is -4.61. The van der Waals surface area contributed by atoms with Crippen LogP contribution in [0.1, 0.15) is 0 Å². The van der Waals surface area contributed by atoms with Crippen molar-refractivity contribution in [2.45, 2.75) is 0 Å². The van der Waals surface area contributed by atoms with E-state index in [2.05, 4.69) is 109 Å². The Morgan fingerprint density at radius 3 is 0.610 bits per heavy atom. The quantitative estimate of drug-likeness (QED) is 0.125. The van der Waals surface area contributed by atoms with E-state index in [0.717, 1.165) is 97.0 Å². The fraction of sp³-hybridized carbons (Fsp3) is 0. The maximum Gasteiger partial charge on any atom is 0.647 e. The number of hydrogen-bond donors (Lipinski definition) is 0. The summed E-state index contributed by atoms with van der Waals surface area (Å²) >= 11 is 0. The van der Waals surface area contributed by atoms with Crippen molar-refractivity contribution in [2.24, 2.45) is 0 Å². The number of phosphoric ester groups is 1. The van der Waals surface area contributed by atoms with E-state index in [4.69, 9.17) is 13.6 Å². The van der Waals surface area contributed by atoms with Gasteiger partial charge in [0.25, 0.3) is 0 Å². The molecule has 0 fully saturated rings. The Morgan fingerprint density at radius 2 is 0.390 bits per heavy atom. The summed E-state index contributed by atoms with van der Waals surface area (Å²) in [6.45, 7) is 0. The first-order valence-electron chi connectivity index (χ1n) is 19.8. The standard InChI is InChI=1S/C54H33O4P/c55-59(56-49-31-13-28-46-40-19-4-1-16-34(40)37-22-7-10-25-43(37)52(46)49,57-50-32-14-29-47-41-20-5-2-17-35(41)38-23-8-11-26-44(38)53(47)50)58-51-33-15-30-48-42-21-6-3-18-36(42)39-24-9-12-27-45(39)54(48)51/h1-33H. The second-order valence-electron chi connectivity index (χ2n) is 15.0. The normalized spacial score (nSPS) is 12.1. The van der Waals surface area contributed by atoms with Gasteiger partial charge in [0, 0.05) is 16.2 Å². The van der Waals surface area contributed by atoms with E-state index in [0.29, 0.717) is 17.2 Å². The van der Waals surface area contributed by atoms with Gasteiger partial charge in [-0.2, -0.15) is 4.57 Å². The Kier molecular flexibility index (Phi) is 7.47. The summed E-state index contributed by atoms with van der Waals surface area (Å²) in [5.41, 5.74) is 0. The second kappa shape index (κ2) is 13.1. The highest BCUT2D eigenvalue weighted by atomic mass is 31.2. The molecule has 12 aromatic rings. The van der Waals surface area contributed by atoms with Crippen LogP contribution in [0.3, 0.4) is 0 Å². The lowest BCUT2D eigenvalue weighted by atomic mass is 9.94. The molecule has 0 aliphatic carbocycles. The number of benzene rings is 12. The van der Waals surface area contributed by atoms with Crippen LogP contribution in [0.2, 0.25) is 0 Å². The molecule has 59 heavy (non-hydrogen) atoms. The average Bonchev–Trinajstić information content (AvgIpc) is 3.29. The van der Waals surface area contributed by atoms with Gasteiger partial charge in [0.15, 0.2) is 0 Å². The van der Waals surface area contributed by atoms with Gasteiger partial charge in [0.2, 0.25) is 0 Å². The Bertz CT molecular complexity index is 3230. The summed E-state index contributed by atoms with van der Waals surface area (Å²) in [4.78, 5) is 0. The van der Waals surface area contributed by atoms with Crippen LogP contribution in [0.15, 0.2) is 200 Å². The predicted octanol–water partition coefficient (Wildman–Crippen LogP) is 15.7. The SMILES string of the molecule is O=P(Oc1cccc2c3ccccc3c3ccccc3c12)(Oc1cccc2c3ccccc3c3ccccc3c12)Oc1cccc2c3ccccc3c3ccccc3c12. The van der Waals surface area contributed by atoms with Crippen molar-refractivity contribution in [3.63, 3.8) is 0 Å². The number of phosphoric acid groups is 1. The van der Waals surface area contributed by atoms with Crippen molar-refractivity contribution >= 4 is 105 Å². The summed E-state index contributed by atoms with van der Waals surface area (Å²) in [5, 5.41) is 18.2. The molecule has 0 unspecified atom stereocenters. The Hall–Kier alpha value is -7.39. The number of fused-ring (bicyclic) bond motifs is 18. The van der Waals surface area contributed by atoms with E-state index in [1.54, 1.807) is 0 Å². The molecular weight excluding hydrogens is 744 g/mol. The van der Waals surface area contributed by atoms with Crippen molar-refractivity contribution in [2.75, 3.05) is 0 Å². The van der Waals surface area contributed by atoms with Crippen LogP contribution >= 0.6 is 7.82 Å². The minimum atomic E-state index is -4.61. The first kappa shape index (κ1) is 33.7. The van der Waals surface area contributed by atoms with Crippen LogP contribution < -0.4 is 13.6 Å². The summed E-state index contributed by atoms with van der Waals surface area (Å²) < 4.78 is 36.8. The zero-order valence-corrected chi connectivity index (χ0v) is 32.5. The lowest BCUT2D eigenvalue weighted by Gasteiger charge is -2.23. The number of rotatable bonds is 6. The van der Waals surface area contributed by atoms with Crippen molar-refractivity contribution in [1.82, 2.24) is 0 Å². The predicted molar refractivity (Wildman–Crippen MR) is 246 cm³/mol. The van der Waals surface area contributed by atoms with Gasteiger partial charge < -0.3 is 13.6 Å². The maximum absolute atomic E-state index is 16.2. The summed E-state index contributed by atoms with van der Waals surface area (Å²) in [5.74, 6) is 1.21. The van der Waals surface area contributed by atoms with Crippen molar-refractivity contribution < 1.29 is 18.1 Å². The average molecular weight is 777 g/mol. The topological polar surface area (TPSA) is 44.8 Å². The maximum atomic E-state index is 16.2. The first-order chi connectivity index (χ1) is 29.1. The molecular formula is C54H33O4P. The van der Waals surface area contributed by atoms with Gasteiger partial charge in [-0.1, -0.05) is 182 Å². The van der Waals surface area contributed by atoms with E-state index in [-0.39, 0.29) is 0 Å². The first-order valence-corrected chi connectivity index (χ1v) is 21.2. The molecule has 12 aromatic carbocycles. The fourth-order valence-electron chi connectivity index (χ4n) is 9.41. The molecule has 5 heteroatoms. The van der Waals surface area contributed by atoms with E-state index in [1.165, 1.54) is 0 Å². The molecule has 0 heterocycles. The van der Waals surface area contributed by atoms with Crippen LogP contribution in [0.5, 0.6) is 17.2 Å². The Morgan fingerprint density at radius 1 is 0.220 bits per heavy atom. The van der Waals surface area contributed by atoms with Crippen LogP contribution in [-0.2, 0) is 4.57 Å². The third-order valence-corrected chi connectivity index (χ3v) is 13.1. The lowest BCUT2D eigenvalue weighted by molar-refractivity contribution is 0.302. The van der Waals surface area contributed by atoms with Crippen LogP contribution in [0, 0.1) is 0 Å². The minimum absolute atomic E-state index is 0.402. The van der Waals surface area contributed by atoms with Crippen molar-refractivity contribution in [3.05, 3.63) is 200 Å². The fourth-order valence-corrected chi connectivity index (χ4v) is 10.7. The van der Waals surface area contributed by atoms with Crippen LogP contribution in [0.25, 0.3) is 97.0 Å². The molecule has 0 atom stereocenters. The molecule has 4 nitrogen and oxygen atoms in total. The molecule has 0 spiro atoms. The monoisotopic (exact) mass is 776 g/mol. The molecule has 0 amide bonds. The molecule has 0 radical (unpaired) electrons. The van der Waals surface area contributed by atoms with Crippen LogP contribution in [0.4, 0.5) is 0 Å². The second-order valence-corrected chi connectivity index (χ2v) is 16.5. The van der Waals surface area contributed by atoms with Crippen LogP contribution in [-0.4, -0.2) is 0 Å².